The number of carbonyl (C=O) groups is 4. The van der Waals surface area contributed by atoms with Gasteiger partial charge in [0.2, 0.25) is 17.9 Å². The fourth-order valence-corrected chi connectivity index (χ4v) is 4.44. The second-order valence-electron chi connectivity index (χ2n) is 9.77. The summed E-state index contributed by atoms with van der Waals surface area (Å²) in [5.74, 6) is -2.53. The minimum absolute atomic E-state index is 0.0671. The zero-order valence-corrected chi connectivity index (χ0v) is 21.7. The lowest BCUT2D eigenvalue weighted by Gasteiger charge is -2.34. The second-order valence-corrected chi connectivity index (χ2v) is 9.77. The predicted octanol–water partition coefficient (Wildman–Crippen LogP) is 3.04. The van der Waals surface area contributed by atoms with Crippen molar-refractivity contribution in [1.82, 2.24) is 10.6 Å². The van der Waals surface area contributed by atoms with Gasteiger partial charge in [0.25, 0.3) is 5.91 Å². The van der Waals surface area contributed by atoms with Crippen LogP contribution in [0.25, 0.3) is 0 Å². The Kier molecular flexibility index (Phi) is 8.60. The first-order valence-corrected chi connectivity index (χ1v) is 12.7. The van der Waals surface area contributed by atoms with E-state index in [2.05, 4.69) is 16.0 Å². The first-order chi connectivity index (χ1) is 18.7. The van der Waals surface area contributed by atoms with E-state index >= 15 is 0 Å². The number of amides is 3. The number of phenolic OH excluding ortho intramolecular Hbond substituents is 1. The minimum atomic E-state index is -1.40. The van der Waals surface area contributed by atoms with Crippen molar-refractivity contribution >= 4 is 29.4 Å². The summed E-state index contributed by atoms with van der Waals surface area (Å²) in [4.78, 5) is 52.1. The van der Waals surface area contributed by atoms with Crippen molar-refractivity contribution in [2.75, 3.05) is 5.32 Å². The number of fused-ring (bicyclic) bond motifs is 1. The highest BCUT2D eigenvalue weighted by Gasteiger charge is 2.41. The molecule has 9 nitrogen and oxygen atoms in total. The Balaban J connectivity index is 1.55. The Labute approximate surface area is 226 Å². The number of hydrogen-bond donors (Lipinski definition) is 4. The van der Waals surface area contributed by atoms with Gasteiger partial charge in [0.05, 0.1) is 12.8 Å². The summed E-state index contributed by atoms with van der Waals surface area (Å²) in [6, 6.07) is 20.4. The molecule has 0 bridgehead atoms. The molecule has 0 radical (unpaired) electrons. The van der Waals surface area contributed by atoms with Crippen LogP contribution in [0.15, 0.2) is 78.9 Å². The molecule has 3 atom stereocenters. The minimum Gasteiger partial charge on any atom is -0.508 e. The van der Waals surface area contributed by atoms with E-state index in [4.69, 9.17) is 4.74 Å². The fraction of sp³-hybridized carbons (Fsp3) is 0.267. The van der Waals surface area contributed by atoms with Crippen LogP contribution in [0.4, 0.5) is 5.69 Å². The lowest BCUT2D eigenvalue weighted by Crippen LogP contribution is -2.55. The van der Waals surface area contributed by atoms with Crippen LogP contribution >= 0.6 is 0 Å². The topological polar surface area (TPSA) is 134 Å². The molecule has 3 aromatic rings. The highest BCUT2D eigenvalue weighted by Crippen LogP contribution is 2.35. The van der Waals surface area contributed by atoms with Gasteiger partial charge < -0.3 is 25.8 Å². The van der Waals surface area contributed by atoms with E-state index in [1.54, 1.807) is 38.1 Å². The average molecular weight is 530 g/mol. The third-order valence-electron chi connectivity index (χ3n) is 6.41. The van der Waals surface area contributed by atoms with Gasteiger partial charge in [-0.1, -0.05) is 74.5 Å². The molecule has 9 heteroatoms. The van der Waals surface area contributed by atoms with Gasteiger partial charge in [-0.2, -0.15) is 0 Å². The van der Waals surface area contributed by atoms with E-state index < -0.39 is 36.0 Å². The number of benzene rings is 3. The molecule has 0 aromatic heterocycles. The maximum absolute atomic E-state index is 13.5. The van der Waals surface area contributed by atoms with E-state index in [1.165, 1.54) is 18.2 Å². The number of aromatic hydroxyl groups is 1. The average Bonchev–Trinajstić information content (AvgIpc) is 2.90. The molecule has 3 aromatic carbocycles. The van der Waals surface area contributed by atoms with E-state index in [1.807, 2.05) is 36.4 Å². The summed E-state index contributed by atoms with van der Waals surface area (Å²) >= 11 is 0. The van der Waals surface area contributed by atoms with Crippen LogP contribution in [0.1, 0.15) is 36.6 Å². The summed E-state index contributed by atoms with van der Waals surface area (Å²) in [5.41, 5.74) is 2.25. The van der Waals surface area contributed by atoms with Crippen LogP contribution in [0.3, 0.4) is 0 Å². The number of phenols is 1. The highest BCUT2D eigenvalue weighted by atomic mass is 16.5. The molecule has 39 heavy (non-hydrogen) atoms. The molecule has 1 aliphatic heterocycles. The number of anilines is 1. The number of esters is 1. The Morgan fingerprint density at radius 1 is 0.923 bits per heavy atom. The maximum Gasteiger partial charge on any atom is 0.311 e. The molecule has 4 N–H and O–H groups in total. The Bertz CT molecular complexity index is 1340. The lowest BCUT2D eigenvalue weighted by molar-refractivity contribution is -0.156. The monoisotopic (exact) mass is 529 g/mol. The van der Waals surface area contributed by atoms with Gasteiger partial charge in [-0.05, 0) is 35.2 Å². The smallest absolute Gasteiger partial charge is 0.311 e. The van der Waals surface area contributed by atoms with Gasteiger partial charge in [0, 0.05) is 11.3 Å². The van der Waals surface area contributed by atoms with Crippen LogP contribution in [0.2, 0.25) is 0 Å². The van der Waals surface area contributed by atoms with Crippen LogP contribution < -0.4 is 16.0 Å². The van der Waals surface area contributed by atoms with Crippen molar-refractivity contribution in [3.8, 4) is 5.75 Å². The van der Waals surface area contributed by atoms with Gasteiger partial charge in [-0.15, -0.1) is 0 Å². The zero-order chi connectivity index (χ0) is 27.9. The highest BCUT2D eigenvalue weighted by molar-refractivity contribution is 6.00. The molecule has 3 amide bonds. The Hall–Kier alpha value is -4.66. The third-order valence-corrected chi connectivity index (χ3v) is 6.41. The Morgan fingerprint density at radius 2 is 1.54 bits per heavy atom. The van der Waals surface area contributed by atoms with Crippen LogP contribution in [-0.2, 0) is 36.8 Å². The van der Waals surface area contributed by atoms with Crippen molar-refractivity contribution in [2.45, 2.75) is 44.9 Å². The van der Waals surface area contributed by atoms with Gasteiger partial charge in [0.1, 0.15) is 17.8 Å². The molecule has 202 valence electrons. The van der Waals surface area contributed by atoms with Gasteiger partial charge >= 0.3 is 5.97 Å². The quantitative estimate of drug-likeness (QED) is 0.249. The fourth-order valence-electron chi connectivity index (χ4n) is 4.44. The summed E-state index contributed by atoms with van der Waals surface area (Å²) in [6.07, 6.45) is -1.37. The van der Waals surface area contributed by atoms with Crippen LogP contribution in [0, 0.1) is 5.92 Å². The number of rotatable bonds is 9. The van der Waals surface area contributed by atoms with E-state index in [-0.39, 0.29) is 30.4 Å². The second kappa shape index (κ2) is 12.3. The molecule has 1 heterocycles. The van der Waals surface area contributed by atoms with E-state index in [0.29, 0.717) is 16.8 Å². The van der Waals surface area contributed by atoms with Crippen molar-refractivity contribution in [3.05, 3.63) is 95.6 Å². The Morgan fingerprint density at radius 3 is 2.15 bits per heavy atom. The molecule has 4 rings (SSSR count). The van der Waals surface area contributed by atoms with Crippen LogP contribution in [-0.4, -0.2) is 40.9 Å². The molecular weight excluding hydrogens is 498 g/mol. The van der Waals surface area contributed by atoms with Crippen molar-refractivity contribution < 1.29 is 29.0 Å². The lowest BCUT2D eigenvalue weighted by atomic mass is 9.93. The predicted molar refractivity (Wildman–Crippen MR) is 145 cm³/mol. The van der Waals surface area contributed by atoms with E-state index in [0.717, 1.165) is 5.56 Å². The molecular formula is C30H31N3O6. The van der Waals surface area contributed by atoms with Crippen molar-refractivity contribution in [1.29, 1.82) is 0 Å². The summed E-state index contributed by atoms with van der Waals surface area (Å²) < 4.78 is 5.58. The van der Waals surface area contributed by atoms with Crippen molar-refractivity contribution in [3.63, 3.8) is 0 Å². The number of nitrogens with one attached hydrogen (secondary N) is 3. The molecule has 0 saturated heterocycles. The van der Waals surface area contributed by atoms with Gasteiger partial charge in [-0.3, -0.25) is 19.2 Å². The molecule has 1 aliphatic rings. The SMILES string of the molecule is CC(C)[C@H](NC(=O)Cc1ccccc1)C(=O)N[C@H]1c2cc(O)ccc2NC(=O)[C@@H]1OC(=O)Cc1ccccc1. The number of ether oxygens (including phenoxy) is 1. The molecule has 0 saturated carbocycles. The third kappa shape index (κ3) is 7.01. The first kappa shape index (κ1) is 27.4. The molecule has 0 unspecified atom stereocenters. The maximum atomic E-state index is 13.5. The van der Waals surface area contributed by atoms with E-state index in [9.17, 15) is 24.3 Å². The standard InChI is InChI=1S/C30H31N3O6/c1-18(2)26(32-24(35)15-19-9-5-3-6-10-19)29(37)33-27-22-17-21(34)13-14-23(22)31-30(38)28(27)39-25(36)16-20-11-7-4-8-12-20/h3-14,17-18,26-28,34H,15-16H2,1-2H3,(H,31,38)(H,32,35)(H,33,37)/t26-,27-,28+/m0/s1. The van der Waals surface area contributed by atoms with Crippen LogP contribution in [0.5, 0.6) is 5.75 Å². The largest absolute Gasteiger partial charge is 0.508 e. The first-order valence-electron chi connectivity index (χ1n) is 12.7. The normalized spacial score (nSPS) is 16.9. The molecule has 0 spiro atoms. The molecule has 0 aliphatic carbocycles. The molecule has 0 fully saturated rings. The zero-order valence-electron chi connectivity index (χ0n) is 21.7. The summed E-state index contributed by atoms with van der Waals surface area (Å²) in [7, 11) is 0. The van der Waals surface area contributed by atoms with Crippen molar-refractivity contribution in [2.24, 2.45) is 5.92 Å². The number of carbonyl (C=O) groups excluding carboxylic acids is 4. The van der Waals surface area contributed by atoms with Gasteiger partial charge in [-0.25, -0.2) is 0 Å². The summed E-state index contributed by atoms with van der Waals surface area (Å²) in [6.45, 7) is 3.58. The summed E-state index contributed by atoms with van der Waals surface area (Å²) in [5, 5.41) is 18.4. The van der Waals surface area contributed by atoms with Gasteiger partial charge in [0.15, 0.2) is 0 Å². The number of hydrogen-bond acceptors (Lipinski definition) is 6.